The first-order valence-corrected chi connectivity index (χ1v) is 31.5. The molecule has 9 nitrogen and oxygen atoms in total. The van der Waals surface area contributed by atoms with Crippen LogP contribution in [0.15, 0.2) is 48.6 Å². The molecule has 3 atom stereocenters. The normalized spacial score (nSPS) is 14.1. The van der Waals surface area contributed by atoms with Crippen LogP contribution in [0.25, 0.3) is 0 Å². The van der Waals surface area contributed by atoms with Gasteiger partial charge in [-0.15, -0.1) is 0 Å². The number of quaternary nitrogens is 1. The van der Waals surface area contributed by atoms with Crippen molar-refractivity contribution in [3.8, 4) is 0 Å². The summed E-state index contributed by atoms with van der Waals surface area (Å²) in [5.41, 5.74) is 0. The van der Waals surface area contributed by atoms with E-state index in [0.29, 0.717) is 17.4 Å². The topological polar surface area (TPSA) is 111 Å². The Bertz CT molecular complexity index is 1360. The maximum Gasteiger partial charge on any atom is 0.472 e. The molecule has 0 saturated heterocycles. The second-order valence-electron chi connectivity index (χ2n) is 21.5. The van der Waals surface area contributed by atoms with Gasteiger partial charge in [0.25, 0.3) is 0 Å². The molecule has 0 aliphatic heterocycles. The zero-order chi connectivity index (χ0) is 52.2. The number of esters is 1. The first-order chi connectivity index (χ1) is 34.4. The number of rotatable bonds is 54. The van der Waals surface area contributed by atoms with Crippen LogP contribution in [-0.4, -0.2) is 74.3 Å². The van der Waals surface area contributed by atoms with E-state index in [4.69, 9.17) is 13.8 Å². The number of allylic oxidation sites excluding steroid dienone is 7. The number of likely N-dealkylation sites (N-methyl/N-ethyl adjacent to an activating group) is 1. The van der Waals surface area contributed by atoms with Crippen molar-refractivity contribution in [2.45, 2.75) is 290 Å². The van der Waals surface area contributed by atoms with Crippen LogP contribution in [-0.2, 0) is 27.9 Å². The molecule has 0 aromatic rings. The smallest absolute Gasteiger partial charge is 0.456 e. The van der Waals surface area contributed by atoms with Gasteiger partial charge in [0.15, 0.2) is 0 Å². The molecule has 0 rings (SSSR count). The number of ether oxygens (including phenoxy) is 1. The summed E-state index contributed by atoms with van der Waals surface area (Å²) in [7, 11) is 1.49. The summed E-state index contributed by atoms with van der Waals surface area (Å²) in [4.78, 5) is 37.6. The highest BCUT2D eigenvalue weighted by molar-refractivity contribution is 7.47. The fraction of sp³-hybridized carbons (Fsp3) is 0.836. The monoisotopic (exact) mass is 1020 g/mol. The summed E-state index contributed by atoms with van der Waals surface area (Å²) in [5.74, 6) is -0.523. The number of carbonyl (C=O) groups is 2. The number of amides is 1. The lowest BCUT2D eigenvalue weighted by Gasteiger charge is -2.27. The number of nitrogens with one attached hydrogen (secondary N) is 1. The molecule has 3 unspecified atom stereocenters. The van der Waals surface area contributed by atoms with Gasteiger partial charge in [0.2, 0.25) is 5.91 Å². The SMILES string of the molecule is CCCCC/C=C\C/C=C\CCCCCCCCCCCC(=O)OC(/C=C/CCCCCCCCCCCC)C(COP(=O)(O)OCC[N+](C)(C)C)NC(=O)CCCCC/C=C\CCCCCCCCC. The van der Waals surface area contributed by atoms with E-state index in [0.717, 1.165) is 77.0 Å². The number of phosphoric ester groups is 1. The Morgan fingerprint density at radius 1 is 0.493 bits per heavy atom. The first kappa shape index (κ1) is 69.0. The minimum Gasteiger partial charge on any atom is -0.456 e. The number of hydrogen-bond acceptors (Lipinski definition) is 6. The van der Waals surface area contributed by atoms with E-state index in [2.05, 4.69) is 62.5 Å². The third kappa shape index (κ3) is 52.6. The minimum absolute atomic E-state index is 0.0371. The molecule has 10 heteroatoms. The lowest BCUT2D eigenvalue weighted by Crippen LogP contribution is -2.47. The highest BCUT2D eigenvalue weighted by Crippen LogP contribution is 2.43. The minimum atomic E-state index is -4.45. The summed E-state index contributed by atoms with van der Waals surface area (Å²) in [6.07, 6.45) is 62.4. The van der Waals surface area contributed by atoms with Gasteiger partial charge in [-0.05, 0) is 89.5 Å². The average molecular weight is 1020 g/mol. The number of hydrogen-bond donors (Lipinski definition) is 2. The molecule has 0 aliphatic rings. The number of unbranched alkanes of at least 4 members (excludes halogenated alkanes) is 32. The van der Waals surface area contributed by atoms with E-state index in [9.17, 15) is 19.0 Å². The van der Waals surface area contributed by atoms with Crippen LogP contribution in [0, 0.1) is 0 Å². The number of carbonyl (C=O) groups excluding carboxylic acids is 2. The van der Waals surface area contributed by atoms with Crippen LogP contribution < -0.4 is 5.32 Å². The van der Waals surface area contributed by atoms with Crippen LogP contribution >= 0.6 is 7.82 Å². The van der Waals surface area contributed by atoms with E-state index in [1.54, 1.807) is 0 Å². The van der Waals surface area contributed by atoms with Gasteiger partial charge in [-0.2, -0.15) is 0 Å². The Kier molecular flexibility index (Phi) is 50.0. The quantitative estimate of drug-likeness (QED) is 0.0205. The summed E-state index contributed by atoms with van der Waals surface area (Å²) >= 11 is 0. The Balaban J connectivity index is 5.30. The lowest BCUT2D eigenvalue weighted by atomic mass is 10.0. The molecule has 1 amide bonds. The van der Waals surface area contributed by atoms with Gasteiger partial charge in [0.05, 0.1) is 33.8 Å². The molecule has 0 bridgehead atoms. The number of nitrogens with zero attached hydrogens (tertiary/aromatic N) is 1. The van der Waals surface area contributed by atoms with E-state index >= 15 is 0 Å². The number of phosphoric acid groups is 1. The fourth-order valence-electron chi connectivity index (χ4n) is 8.55. The highest BCUT2D eigenvalue weighted by Gasteiger charge is 2.30. The third-order valence-corrected chi connectivity index (χ3v) is 14.2. The standard InChI is InChI=1S/C61H115N2O7P/c1-7-10-13-16-19-22-25-28-30-31-32-33-34-36-39-42-45-48-51-54-61(65)70-59(52-49-46-43-40-37-27-24-21-18-15-12-9-3)58(57-69-71(66,67)68-56-55-63(4,5)6)62-60(64)53-50-47-44-41-38-35-29-26-23-20-17-14-11-8-2/h19,22,28,30,35,38,49,52,58-59H,7-18,20-21,23-27,29,31-34,36-37,39-48,50-51,53-57H2,1-6H3,(H-,62,64,66,67)/p+1/b22-19-,30-28-,38-35-,52-49+. The van der Waals surface area contributed by atoms with Crippen molar-refractivity contribution in [2.75, 3.05) is 40.9 Å². The molecule has 0 saturated carbocycles. The molecule has 0 radical (unpaired) electrons. The maximum absolute atomic E-state index is 13.5. The Morgan fingerprint density at radius 3 is 1.32 bits per heavy atom. The van der Waals surface area contributed by atoms with Crippen LogP contribution in [0.3, 0.4) is 0 Å². The average Bonchev–Trinajstić information content (AvgIpc) is 3.33. The molecule has 2 N–H and O–H groups in total. The summed E-state index contributed by atoms with van der Waals surface area (Å²) in [6, 6.07) is -0.856. The van der Waals surface area contributed by atoms with Crippen molar-refractivity contribution >= 4 is 19.7 Å². The predicted octanol–water partition coefficient (Wildman–Crippen LogP) is 18.1. The molecule has 0 aromatic carbocycles. The van der Waals surface area contributed by atoms with Crippen molar-refractivity contribution in [2.24, 2.45) is 0 Å². The Labute approximate surface area is 439 Å². The van der Waals surface area contributed by atoms with Crippen LogP contribution in [0.2, 0.25) is 0 Å². The second kappa shape index (κ2) is 51.5. The Hall–Kier alpha value is -2.03. The molecule has 0 spiro atoms. The van der Waals surface area contributed by atoms with Gasteiger partial charge in [0, 0.05) is 12.8 Å². The van der Waals surface area contributed by atoms with Crippen molar-refractivity contribution in [3.63, 3.8) is 0 Å². The second-order valence-corrected chi connectivity index (χ2v) is 23.0. The predicted molar refractivity (Wildman–Crippen MR) is 305 cm³/mol. The van der Waals surface area contributed by atoms with Gasteiger partial charge < -0.3 is 19.4 Å². The molecule has 416 valence electrons. The van der Waals surface area contributed by atoms with Crippen LogP contribution in [0.1, 0.15) is 278 Å². The van der Waals surface area contributed by atoms with Crippen molar-refractivity contribution in [1.82, 2.24) is 5.32 Å². The highest BCUT2D eigenvalue weighted by atomic mass is 31.2. The van der Waals surface area contributed by atoms with Crippen molar-refractivity contribution in [3.05, 3.63) is 48.6 Å². The van der Waals surface area contributed by atoms with Crippen molar-refractivity contribution in [1.29, 1.82) is 0 Å². The molecular weight excluding hydrogens is 904 g/mol. The first-order valence-electron chi connectivity index (χ1n) is 30.0. The fourth-order valence-corrected chi connectivity index (χ4v) is 9.29. The Morgan fingerprint density at radius 2 is 0.859 bits per heavy atom. The molecule has 0 aromatic heterocycles. The molecule has 0 aliphatic carbocycles. The maximum atomic E-state index is 13.5. The van der Waals surface area contributed by atoms with E-state index in [-0.39, 0.29) is 31.5 Å². The molecule has 71 heavy (non-hydrogen) atoms. The van der Waals surface area contributed by atoms with E-state index < -0.39 is 20.0 Å². The van der Waals surface area contributed by atoms with Crippen LogP contribution in [0.4, 0.5) is 0 Å². The van der Waals surface area contributed by atoms with E-state index in [1.807, 2.05) is 33.3 Å². The largest absolute Gasteiger partial charge is 0.472 e. The molecule has 0 heterocycles. The molecular formula is C61H116N2O7P+. The molecule has 0 fully saturated rings. The third-order valence-electron chi connectivity index (χ3n) is 13.2. The lowest BCUT2D eigenvalue weighted by molar-refractivity contribution is -0.870. The summed E-state index contributed by atoms with van der Waals surface area (Å²) < 4.78 is 30.6. The summed E-state index contributed by atoms with van der Waals surface area (Å²) in [5, 5.41) is 3.04. The van der Waals surface area contributed by atoms with Gasteiger partial charge >= 0.3 is 13.8 Å². The van der Waals surface area contributed by atoms with Gasteiger partial charge in [0.1, 0.15) is 19.3 Å². The van der Waals surface area contributed by atoms with Gasteiger partial charge in [-0.25, -0.2) is 4.57 Å². The zero-order valence-corrected chi connectivity index (χ0v) is 48.4. The van der Waals surface area contributed by atoms with Gasteiger partial charge in [-0.1, -0.05) is 224 Å². The van der Waals surface area contributed by atoms with Crippen molar-refractivity contribution < 1.29 is 37.3 Å². The van der Waals surface area contributed by atoms with E-state index in [1.165, 1.54) is 167 Å². The summed E-state index contributed by atoms with van der Waals surface area (Å²) in [6.45, 7) is 6.98. The van der Waals surface area contributed by atoms with Crippen LogP contribution in [0.5, 0.6) is 0 Å². The zero-order valence-electron chi connectivity index (χ0n) is 47.5. The van der Waals surface area contributed by atoms with Gasteiger partial charge in [-0.3, -0.25) is 18.6 Å².